The van der Waals surface area contributed by atoms with E-state index in [1.54, 1.807) is 0 Å². The first-order valence-corrected chi connectivity index (χ1v) is 10.7. The van der Waals surface area contributed by atoms with Crippen LogP contribution in [0.15, 0.2) is 54.8 Å². The van der Waals surface area contributed by atoms with Crippen LogP contribution in [0.25, 0.3) is 0 Å². The molecule has 1 aliphatic rings. The predicted octanol–water partition coefficient (Wildman–Crippen LogP) is 1.78. The van der Waals surface area contributed by atoms with Crippen LogP contribution in [0.2, 0.25) is 0 Å². The van der Waals surface area contributed by atoms with Gasteiger partial charge in [0, 0.05) is 49.3 Å². The van der Waals surface area contributed by atoms with Crippen LogP contribution in [0.5, 0.6) is 0 Å². The highest BCUT2D eigenvalue weighted by Gasteiger charge is 2.54. The van der Waals surface area contributed by atoms with Crippen molar-refractivity contribution in [1.29, 1.82) is 0 Å². The minimum atomic E-state index is -2.74. The van der Waals surface area contributed by atoms with E-state index in [0.29, 0.717) is 0 Å². The van der Waals surface area contributed by atoms with Crippen molar-refractivity contribution in [2.75, 3.05) is 6.67 Å². The third kappa shape index (κ3) is 3.02. The van der Waals surface area contributed by atoms with E-state index in [1.165, 1.54) is 0 Å². The Morgan fingerprint density at radius 3 is 2.12 bits per heavy atom. The first kappa shape index (κ1) is 18.2. The number of hydrogen-bond donors (Lipinski definition) is 1. The summed E-state index contributed by atoms with van der Waals surface area (Å²) >= 11 is 0. The van der Waals surface area contributed by atoms with Crippen molar-refractivity contribution in [2.24, 2.45) is 4.99 Å². The van der Waals surface area contributed by atoms with Crippen LogP contribution < -0.4 is 5.32 Å². The second-order valence-corrected chi connectivity index (χ2v) is 10.2. The normalized spacial score (nSPS) is 15.2. The zero-order valence-electron chi connectivity index (χ0n) is 16.1. The summed E-state index contributed by atoms with van der Waals surface area (Å²) in [7, 11) is -2.74. The van der Waals surface area contributed by atoms with Gasteiger partial charge in [-0.2, -0.15) is 0 Å². The molecular formula is C17H28N8Si. The van der Waals surface area contributed by atoms with Crippen molar-refractivity contribution in [3.05, 3.63) is 49.8 Å². The fourth-order valence-corrected chi connectivity index (χ4v) is 7.99. The minimum Gasteiger partial charge on any atom is -0.373 e. The molecule has 1 aliphatic heterocycles. The lowest BCUT2D eigenvalue weighted by molar-refractivity contribution is 0.389. The Hall–Kier alpha value is -2.55. The lowest BCUT2D eigenvalue weighted by atomic mass is 10.4. The zero-order valence-corrected chi connectivity index (χ0v) is 17.1. The van der Waals surface area contributed by atoms with Gasteiger partial charge in [0.05, 0.1) is 25.2 Å². The summed E-state index contributed by atoms with van der Waals surface area (Å²) in [6.07, 6.45) is 15.6. The first-order chi connectivity index (χ1) is 12.5. The van der Waals surface area contributed by atoms with Crippen LogP contribution in [0.1, 0.15) is 34.6 Å². The molecule has 0 saturated carbocycles. The van der Waals surface area contributed by atoms with Gasteiger partial charge in [0.15, 0.2) is 0 Å². The maximum absolute atomic E-state index is 4.89. The molecule has 0 fully saturated rings. The molecule has 0 saturated heterocycles. The Labute approximate surface area is 156 Å². The molecule has 3 rings (SSSR count). The van der Waals surface area contributed by atoms with E-state index in [-0.39, 0.29) is 12.1 Å². The Morgan fingerprint density at radius 2 is 1.73 bits per heavy atom. The predicted molar refractivity (Wildman–Crippen MR) is 105 cm³/mol. The highest BCUT2D eigenvalue weighted by atomic mass is 28.4. The van der Waals surface area contributed by atoms with Crippen LogP contribution >= 0.6 is 0 Å². The maximum atomic E-state index is 4.89. The molecular weight excluding hydrogens is 344 g/mol. The quantitative estimate of drug-likeness (QED) is 0.476. The monoisotopic (exact) mass is 372 g/mol. The molecule has 140 valence electrons. The number of amidine groups is 1. The van der Waals surface area contributed by atoms with Crippen molar-refractivity contribution in [3.63, 3.8) is 0 Å². The second-order valence-electron chi connectivity index (χ2n) is 6.92. The van der Waals surface area contributed by atoms with Crippen LogP contribution in [0.4, 0.5) is 0 Å². The van der Waals surface area contributed by atoms with Gasteiger partial charge < -0.3 is 22.9 Å². The molecule has 26 heavy (non-hydrogen) atoms. The van der Waals surface area contributed by atoms with Crippen molar-refractivity contribution < 1.29 is 0 Å². The van der Waals surface area contributed by atoms with Gasteiger partial charge in [-0.05, 0) is 34.6 Å². The van der Waals surface area contributed by atoms with Gasteiger partial charge in [-0.15, -0.1) is 0 Å². The smallest absolute Gasteiger partial charge is 0.373 e. The molecule has 0 aliphatic carbocycles. The van der Waals surface area contributed by atoms with Crippen molar-refractivity contribution in [3.8, 4) is 0 Å². The number of aliphatic imine (C=N–C) groups is 1. The Kier molecular flexibility index (Phi) is 5.17. The van der Waals surface area contributed by atoms with Gasteiger partial charge in [0.1, 0.15) is 0 Å². The zero-order chi connectivity index (χ0) is 18.7. The van der Waals surface area contributed by atoms with Gasteiger partial charge in [0.25, 0.3) is 0 Å². The molecule has 0 spiro atoms. The van der Waals surface area contributed by atoms with Crippen LogP contribution in [-0.2, 0) is 0 Å². The van der Waals surface area contributed by atoms with Gasteiger partial charge in [-0.1, -0.05) is 0 Å². The summed E-state index contributed by atoms with van der Waals surface area (Å²) in [5, 5.41) is 3.32. The largest absolute Gasteiger partial charge is 0.515 e. The third-order valence-corrected chi connectivity index (χ3v) is 8.83. The third-order valence-electron chi connectivity index (χ3n) is 4.35. The summed E-state index contributed by atoms with van der Waals surface area (Å²) in [6.45, 7) is 11.5. The summed E-state index contributed by atoms with van der Waals surface area (Å²) in [6, 6.07) is 0.462. The highest BCUT2D eigenvalue weighted by Crippen LogP contribution is 2.25. The van der Waals surface area contributed by atoms with Gasteiger partial charge in [0.2, 0.25) is 0 Å². The topological polar surface area (TPSA) is 66.5 Å². The van der Waals surface area contributed by atoms with Crippen LogP contribution in [-0.4, -0.2) is 60.9 Å². The average Bonchev–Trinajstić information content (AvgIpc) is 3.35. The van der Waals surface area contributed by atoms with E-state index in [2.05, 4.69) is 73.7 Å². The summed E-state index contributed by atoms with van der Waals surface area (Å²) in [5.74, 6) is 1.02. The van der Waals surface area contributed by atoms with E-state index < -0.39 is 8.72 Å². The van der Waals surface area contributed by atoms with Crippen molar-refractivity contribution in [2.45, 2.75) is 46.7 Å². The average molecular weight is 373 g/mol. The fourth-order valence-electron chi connectivity index (χ4n) is 3.62. The minimum absolute atomic E-state index is 0.223. The SMILES string of the molecule is C/C(=N\C(C)C)N(C(C)C)[Si](N1C=CNC1)(n1ccnc1)n1ccnc1. The summed E-state index contributed by atoms with van der Waals surface area (Å²) < 4.78 is 9.25. The van der Waals surface area contributed by atoms with E-state index >= 15 is 0 Å². The molecule has 0 amide bonds. The van der Waals surface area contributed by atoms with E-state index in [4.69, 9.17) is 4.99 Å². The summed E-state index contributed by atoms with van der Waals surface area (Å²) in [5.41, 5.74) is 0. The molecule has 0 bridgehead atoms. The highest BCUT2D eigenvalue weighted by molar-refractivity contribution is 6.74. The van der Waals surface area contributed by atoms with Gasteiger partial charge in [-0.25, -0.2) is 9.97 Å². The molecule has 8 nitrogen and oxygen atoms in total. The maximum Gasteiger partial charge on any atom is 0.515 e. The lowest BCUT2D eigenvalue weighted by Crippen LogP contribution is -2.75. The van der Waals surface area contributed by atoms with E-state index in [9.17, 15) is 0 Å². The standard InChI is InChI=1S/C17H28N8Si/c1-15(2)21-17(5)25(16(3)4)26(22-9-6-18-12-22,23-10-7-19-13-23)24-11-8-20-14-24/h6-13,15-16,20H,14H2,1-5H3/b21-17+. The Morgan fingerprint density at radius 1 is 1.12 bits per heavy atom. The molecule has 3 heterocycles. The fraction of sp³-hybridized carbons (Fsp3) is 0.471. The first-order valence-electron chi connectivity index (χ1n) is 8.95. The van der Waals surface area contributed by atoms with Gasteiger partial charge >= 0.3 is 8.72 Å². The van der Waals surface area contributed by atoms with Gasteiger partial charge in [-0.3, -0.25) is 4.99 Å². The van der Waals surface area contributed by atoms with Crippen molar-refractivity contribution in [1.82, 2.24) is 32.9 Å². The number of imidazole rings is 2. The second kappa shape index (κ2) is 7.36. The molecule has 0 atom stereocenters. The van der Waals surface area contributed by atoms with Crippen LogP contribution in [0, 0.1) is 0 Å². The molecule has 0 aromatic carbocycles. The van der Waals surface area contributed by atoms with E-state index in [1.807, 2.05) is 43.6 Å². The number of nitrogens with one attached hydrogen (secondary N) is 1. The Balaban J connectivity index is 2.29. The number of nitrogens with zero attached hydrogens (tertiary/aromatic N) is 7. The van der Waals surface area contributed by atoms with Crippen molar-refractivity contribution >= 4 is 14.6 Å². The number of aromatic nitrogens is 4. The molecule has 0 radical (unpaired) electrons. The number of hydrogen-bond acceptors (Lipinski definition) is 5. The summed E-state index contributed by atoms with van der Waals surface area (Å²) in [4.78, 5) is 13.6. The molecule has 2 aromatic rings. The molecule has 9 heteroatoms. The molecule has 0 unspecified atom stereocenters. The van der Waals surface area contributed by atoms with Crippen LogP contribution in [0.3, 0.4) is 0 Å². The van der Waals surface area contributed by atoms with E-state index in [0.717, 1.165) is 12.5 Å². The Bertz CT molecular complexity index is 714. The molecule has 1 N–H and O–H groups in total. The number of rotatable bonds is 6. The molecule has 2 aromatic heterocycles. The lowest BCUT2D eigenvalue weighted by Gasteiger charge is -2.49.